The van der Waals surface area contributed by atoms with Gasteiger partial charge in [0.1, 0.15) is 34.1 Å². The average molecular weight is 453 g/mol. The fraction of sp³-hybridized carbons (Fsp3) is 0.0769. The van der Waals surface area contributed by atoms with Crippen LogP contribution in [0.5, 0.6) is 11.5 Å². The molecule has 3 aromatic carbocycles. The van der Waals surface area contributed by atoms with E-state index in [1.54, 1.807) is 43.3 Å². The number of rotatable bonds is 7. The second kappa shape index (κ2) is 9.41. The number of nitrogens with zero attached hydrogens (tertiary/aromatic N) is 3. The van der Waals surface area contributed by atoms with Crippen LogP contribution in [0.25, 0.3) is 22.7 Å². The molecule has 5 rings (SSSR count). The molecule has 0 aliphatic rings. The lowest BCUT2D eigenvalue weighted by molar-refractivity contribution is 0.0436. The number of hydrogen-bond donors (Lipinski definition) is 0. The van der Waals surface area contributed by atoms with E-state index in [-0.39, 0.29) is 24.0 Å². The third-order valence-electron chi connectivity index (χ3n) is 5.00. The van der Waals surface area contributed by atoms with Crippen LogP contribution in [0.3, 0.4) is 0 Å². The number of aromatic nitrogens is 3. The molecule has 0 unspecified atom stereocenters. The zero-order valence-corrected chi connectivity index (χ0v) is 18.2. The molecule has 0 aliphatic carbocycles. The number of carbonyl (C=O) groups is 1. The van der Waals surface area contributed by atoms with E-state index in [1.165, 1.54) is 0 Å². The van der Waals surface area contributed by atoms with Gasteiger partial charge in [0.2, 0.25) is 0 Å². The lowest BCUT2D eigenvalue weighted by Gasteiger charge is -2.10. The Balaban J connectivity index is 1.31. The van der Waals surface area contributed by atoms with Crippen LogP contribution in [0.1, 0.15) is 22.0 Å². The van der Waals surface area contributed by atoms with Crippen LogP contribution in [0.2, 0.25) is 0 Å². The van der Waals surface area contributed by atoms with Crippen molar-refractivity contribution in [3.63, 3.8) is 0 Å². The lowest BCUT2D eigenvalue weighted by atomic mass is 10.1. The van der Waals surface area contributed by atoms with Gasteiger partial charge in [-0.15, -0.1) is 10.2 Å². The molecule has 0 radical (unpaired) electrons. The van der Waals surface area contributed by atoms with Gasteiger partial charge in [0, 0.05) is 5.56 Å². The number of aryl methyl sites for hydroxylation is 1. The van der Waals surface area contributed by atoms with E-state index in [9.17, 15) is 4.79 Å². The number of esters is 1. The zero-order valence-electron chi connectivity index (χ0n) is 18.2. The molecular formula is C26H19N3O5. The van der Waals surface area contributed by atoms with Gasteiger partial charge in [0.15, 0.2) is 6.61 Å². The Morgan fingerprint density at radius 2 is 1.59 bits per heavy atom. The van der Waals surface area contributed by atoms with Crippen molar-refractivity contribution in [2.24, 2.45) is 0 Å². The van der Waals surface area contributed by atoms with Crippen molar-refractivity contribution in [1.82, 2.24) is 15.4 Å². The maximum Gasteiger partial charge on any atom is 0.342 e. The standard InChI is InChI=1S/C26H19N3O5/c1-17-23(24(29-34-17)18-10-4-2-5-11-18)25-28-27-22(33-25)16-31-26(30)20-14-8-9-15-21(20)32-19-12-6-3-7-13-19/h2-15H,16H2,1H3. The fourth-order valence-corrected chi connectivity index (χ4v) is 3.37. The summed E-state index contributed by atoms with van der Waals surface area (Å²) in [4.78, 5) is 12.7. The van der Waals surface area contributed by atoms with Crippen molar-refractivity contribution in [3.8, 4) is 34.2 Å². The minimum atomic E-state index is -0.572. The second-order valence-electron chi connectivity index (χ2n) is 7.32. The van der Waals surface area contributed by atoms with Crippen molar-refractivity contribution in [3.05, 3.63) is 102 Å². The van der Waals surface area contributed by atoms with Gasteiger partial charge in [-0.3, -0.25) is 0 Å². The fourth-order valence-electron chi connectivity index (χ4n) is 3.37. The van der Waals surface area contributed by atoms with Crippen LogP contribution in [0.15, 0.2) is 93.9 Å². The molecule has 0 aliphatic heterocycles. The summed E-state index contributed by atoms with van der Waals surface area (Å²) in [5.74, 6) is 1.34. The normalized spacial score (nSPS) is 10.7. The van der Waals surface area contributed by atoms with Gasteiger partial charge in [-0.1, -0.05) is 65.8 Å². The minimum Gasteiger partial charge on any atom is -0.456 e. The number of para-hydroxylation sites is 2. The van der Waals surface area contributed by atoms with Crippen LogP contribution in [-0.4, -0.2) is 21.3 Å². The SMILES string of the molecule is Cc1onc(-c2ccccc2)c1-c1nnc(COC(=O)c2ccccc2Oc2ccccc2)o1. The van der Waals surface area contributed by atoms with E-state index in [1.807, 2.05) is 48.5 Å². The number of carbonyl (C=O) groups excluding carboxylic acids is 1. The van der Waals surface area contributed by atoms with Crippen molar-refractivity contribution in [1.29, 1.82) is 0 Å². The smallest absolute Gasteiger partial charge is 0.342 e. The molecule has 5 aromatic rings. The maximum atomic E-state index is 12.7. The van der Waals surface area contributed by atoms with Gasteiger partial charge in [0.05, 0.1) is 0 Å². The molecule has 168 valence electrons. The maximum absolute atomic E-state index is 12.7. The Morgan fingerprint density at radius 3 is 2.38 bits per heavy atom. The topological polar surface area (TPSA) is 100 Å². The van der Waals surface area contributed by atoms with Gasteiger partial charge in [-0.05, 0) is 31.2 Å². The third-order valence-corrected chi connectivity index (χ3v) is 5.00. The first kappa shape index (κ1) is 21.1. The summed E-state index contributed by atoms with van der Waals surface area (Å²) in [7, 11) is 0. The van der Waals surface area contributed by atoms with Crippen LogP contribution in [-0.2, 0) is 11.3 Å². The van der Waals surface area contributed by atoms with Crippen molar-refractivity contribution < 1.29 is 23.2 Å². The molecule has 0 amide bonds. The van der Waals surface area contributed by atoms with Gasteiger partial charge < -0.3 is 18.4 Å². The van der Waals surface area contributed by atoms with Crippen LogP contribution < -0.4 is 4.74 Å². The lowest BCUT2D eigenvalue weighted by Crippen LogP contribution is -2.07. The van der Waals surface area contributed by atoms with E-state index in [0.29, 0.717) is 28.5 Å². The second-order valence-corrected chi connectivity index (χ2v) is 7.32. The Kier molecular flexibility index (Phi) is 5.85. The Hall–Kier alpha value is -4.72. The summed E-state index contributed by atoms with van der Waals surface area (Å²) in [6.45, 7) is 1.57. The first-order chi connectivity index (χ1) is 16.7. The highest BCUT2D eigenvalue weighted by atomic mass is 16.5. The van der Waals surface area contributed by atoms with Crippen molar-refractivity contribution in [2.75, 3.05) is 0 Å². The number of benzene rings is 3. The molecule has 0 bridgehead atoms. The Labute approximate surface area is 194 Å². The highest BCUT2D eigenvalue weighted by molar-refractivity contribution is 5.92. The van der Waals surface area contributed by atoms with E-state index in [0.717, 1.165) is 5.56 Å². The van der Waals surface area contributed by atoms with E-state index in [4.69, 9.17) is 18.4 Å². The van der Waals surface area contributed by atoms with Crippen LogP contribution in [0, 0.1) is 6.92 Å². The molecule has 0 spiro atoms. The van der Waals surface area contributed by atoms with Crippen molar-refractivity contribution in [2.45, 2.75) is 13.5 Å². The monoisotopic (exact) mass is 453 g/mol. The summed E-state index contributed by atoms with van der Waals surface area (Å²) >= 11 is 0. The molecule has 0 atom stereocenters. The number of hydrogen-bond acceptors (Lipinski definition) is 8. The predicted octanol–water partition coefficient (Wildman–Crippen LogP) is 5.85. The van der Waals surface area contributed by atoms with Gasteiger partial charge in [0.25, 0.3) is 11.8 Å². The quantitative estimate of drug-likeness (QED) is 0.283. The van der Waals surface area contributed by atoms with Crippen LogP contribution in [0.4, 0.5) is 0 Å². The van der Waals surface area contributed by atoms with E-state index in [2.05, 4.69) is 15.4 Å². The highest BCUT2D eigenvalue weighted by Crippen LogP contribution is 2.33. The summed E-state index contributed by atoms with van der Waals surface area (Å²) < 4.78 is 22.4. The molecular weight excluding hydrogens is 434 g/mol. The molecule has 0 fully saturated rings. The molecule has 0 N–H and O–H groups in total. The predicted molar refractivity (Wildman–Crippen MR) is 122 cm³/mol. The third kappa shape index (κ3) is 4.42. The highest BCUT2D eigenvalue weighted by Gasteiger charge is 2.22. The zero-order chi connectivity index (χ0) is 23.3. The molecule has 34 heavy (non-hydrogen) atoms. The van der Waals surface area contributed by atoms with Gasteiger partial charge in [-0.2, -0.15) is 0 Å². The average Bonchev–Trinajstić information content (AvgIpc) is 3.50. The van der Waals surface area contributed by atoms with Crippen LogP contribution >= 0.6 is 0 Å². The Bertz CT molecular complexity index is 1410. The summed E-state index contributed by atoms with van der Waals surface area (Å²) in [6.07, 6.45) is 0. The first-order valence-corrected chi connectivity index (χ1v) is 10.5. The number of ether oxygens (including phenoxy) is 2. The van der Waals surface area contributed by atoms with E-state index < -0.39 is 5.97 Å². The molecule has 8 heteroatoms. The molecule has 0 saturated carbocycles. The van der Waals surface area contributed by atoms with Gasteiger partial charge >= 0.3 is 5.97 Å². The summed E-state index contributed by atoms with van der Waals surface area (Å²) in [6, 6.07) is 25.6. The van der Waals surface area contributed by atoms with Crippen molar-refractivity contribution >= 4 is 5.97 Å². The Morgan fingerprint density at radius 1 is 0.882 bits per heavy atom. The molecule has 2 aromatic heterocycles. The summed E-state index contributed by atoms with van der Waals surface area (Å²) in [5, 5.41) is 12.2. The molecule has 2 heterocycles. The van der Waals surface area contributed by atoms with E-state index >= 15 is 0 Å². The van der Waals surface area contributed by atoms with Gasteiger partial charge in [-0.25, -0.2) is 4.79 Å². The minimum absolute atomic E-state index is 0.143. The molecule has 8 nitrogen and oxygen atoms in total. The first-order valence-electron chi connectivity index (χ1n) is 10.5. The summed E-state index contributed by atoms with van der Waals surface area (Å²) in [5.41, 5.74) is 2.33. The molecule has 0 saturated heterocycles. The largest absolute Gasteiger partial charge is 0.456 e.